The van der Waals surface area contributed by atoms with E-state index in [0.29, 0.717) is 22.5 Å². The molecule has 0 bridgehead atoms. The fourth-order valence-electron chi connectivity index (χ4n) is 2.84. The van der Waals surface area contributed by atoms with Crippen LogP contribution in [0.3, 0.4) is 0 Å². The van der Waals surface area contributed by atoms with Gasteiger partial charge < -0.3 is 15.0 Å². The molecule has 7 nitrogen and oxygen atoms in total. The van der Waals surface area contributed by atoms with Crippen molar-refractivity contribution in [3.05, 3.63) is 40.0 Å². The summed E-state index contributed by atoms with van der Waals surface area (Å²) in [5, 5.41) is 7.15. The monoisotopic (exact) mass is 346 g/mol. The predicted octanol–water partition coefficient (Wildman–Crippen LogP) is 2.73. The summed E-state index contributed by atoms with van der Waals surface area (Å²) >= 11 is 0. The zero-order valence-corrected chi connectivity index (χ0v) is 15.9. The summed E-state index contributed by atoms with van der Waals surface area (Å²) in [7, 11) is 1.86. The molecule has 0 aliphatic rings. The summed E-state index contributed by atoms with van der Waals surface area (Å²) < 4.78 is 7.02. The van der Waals surface area contributed by atoms with Crippen LogP contribution >= 0.6 is 0 Å². The molecule has 136 valence electrons. The minimum absolute atomic E-state index is 0.199. The van der Waals surface area contributed by atoms with E-state index in [2.05, 4.69) is 15.4 Å². The Labute approximate surface area is 147 Å². The first-order valence-corrected chi connectivity index (χ1v) is 8.33. The van der Waals surface area contributed by atoms with Crippen molar-refractivity contribution >= 4 is 11.9 Å². The molecule has 25 heavy (non-hydrogen) atoms. The van der Waals surface area contributed by atoms with Crippen molar-refractivity contribution in [2.45, 2.75) is 53.7 Å². The Balaban J connectivity index is 2.23. The largest absolute Gasteiger partial charge is 0.459 e. The van der Waals surface area contributed by atoms with Crippen molar-refractivity contribution in [3.63, 3.8) is 0 Å². The second-order valence-electron chi connectivity index (χ2n) is 6.58. The number of nitrogens with zero attached hydrogens (tertiary/aromatic N) is 2. The molecular weight excluding hydrogens is 320 g/mol. The molecule has 0 aliphatic heterocycles. The van der Waals surface area contributed by atoms with Gasteiger partial charge >= 0.3 is 5.97 Å². The highest BCUT2D eigenvalue weighted by Gasteiger charge is 2.25. The van der Waals surface area contributed by atoms with Crippen molar-refractivity contribution < 1.29 is 14.3 Å². The molecule has 1 unspecified atom stereocenters. The quantitative estimate of drug-likeness (QED) is 0.815. The number of carbonyl (C=O) groups is 2. The maximum atomic E-state index is 12.7. The molecule has 2 aromatic rings. The van der Waals surface area contributed by atoms with Crippen LogP contribution in [0.2, 0.25) is 0 Å². The Morgan fingerprint density at radius 2 is 1.88 bits per heavy atom. The lowest BCUT2D eigenvalue weighted by Crippen LogP contribution is -2.28. The summed E-state index contributed by atoms with van der Waals surface area (Å²) in [6.45, 7) is 10.9. The number of esters is 1. The van der Waals surface area contributed by atoms with E-state index in [-0.39, 0.29) is 18.1 Å². The van der Waals surface area contributed by atoms with E-state index in [4.69, 9.17) is 4.74 Å². The number of amides is 1. The number of ether oxygens (including phenoxy) is 1. The molecule has 0 saturated carbocycles. The van der Waals surface area contributed by atoms with E-state index >= 15 is 0 Å². The number of rotatable bonds is 5. The van der Waals surface area contributed by atoms with Gasteiger partial charge in [-0.2, -0.15) is 5.10 Å². The summed E-state index contributed by atoms with van der Waals surface area (Å²) in [5.74, 6) is -0.684. The van der Waals surface area contributed by atoms with Crippen LogP contribution in [-0.2, 0) is 11.8 Å². The Morgan fingerprint density at radius 1 is 1.24 bits per heavy atom. The molecule has 2 aromatic heterocycles. The van der Waals surface area contributed by atoms with Crippen LogP contribution in [0.5, 0.6) is 0 Å². The summed E-state index contributed by atoms with van der Waals surface area (Å²) in [6.07, 6.45) is 1.53. The highest BCUT2D eigenvalue weighted by atomic mass is 16.5. The van der Waals surface area contributed by atoms with Gasteiger partial charge in [0, 0.05) is 24.0 Å². The standard InChI is InChI=1S/C18H26N4O3/c1-9(2)25-18(24)15-10(3)16(20-12(15)5)17(23)21-11(4)14-8-19-22(7)13(14)6/h8-9,11,20H,1-7H3,(H,21,23). The van der Waals surface area contributed by atoms with E-state index in [9.17, 15) is 9.59 Å². The third-order valence-electron chi connectivity index (χ3n) is 4.30. The van der Waals surface area contributed by atoms with Crippen LogP contribution in [0.15, 0.2) is 6.20 Å². The lowest BCUT2D eigenvalue weighted by molar-refractivity contribution is 0.0376. The fourth-order valence-corrected chi connectivity index (χ4v) is 2.84. The number of aryl methyl sites for hydroxylation is 2. The average Bonchev–Trinajstić information content (AvgIpc) is 2.98. The van der Waals surface area contributed by atoms with Crippen LogP contribution in [-0.4, -0.2) is 32.7 Å². The van der Waals surface area contributed by atoms with Gasteiger partial charge in [-0.25, -0.2) is 4.79 Å². The highest BCUT2D eigenvalue weighted by molar-refractivity contribution is 6.00. The van der Waals surface area contributed by atoms with Gasteiger partial charge in [0.1, 0.15) is 5.69 Å². The predicted molar refractivity (Wildman–Crippen MR) is 94.6 cm³/mol. The van der Waals surface area contributed by atoms with E-state index < -0.39 is 5.97 Å². The normalized spacial score (nSPS) is 12.3. The van der Waals surface area contributed by atoms with Crippen LogP contribution in [0.25, 0.3) is 0 Å². The van der Waals surface area contributed by atoms with Gasteiger partial charge in [-0.1, -0.05) is 0 Å². The number of carbonyl (C=O) groups excluding carboxylic acids is 2. The molecule has 0 aliphatic carbocycles. The minimum atomic E-state index is -0.420. The first kappa shape index (κ1) is 18.8. The van der Waals surface area contributed by atoms with Gasteiger partial charge in [-0.05, 0) is 47.1 Å². The molecule has 1 amide bonds. The van der Waals surface area contributed by atoms with Gasteiger partial charge in [0.25, 0.3) is 5.91 Å². The van der Waals surface area contributed by atoms with Crippen LogP contribution in [0, 0.1) is 20.8 Å². The van der Waals surface area contributed by atoms with E-state index in [1.807, 2.05) is 20.9 Å². The number of aromatic nitrogens is 3. The second kappa shape index (κ2) is 7.13. The number of H-pyrrole nitrogens is 1. The molecule has 0 radical (unpaired) electrons. The number of hydrogen-bond donors (Lipinski definition) is 2. The zero-order chi connectivity index (χ0) is 18.9. The Kier molecular flexibility index (Phi) is 5.35. The number of aromatic amines is 1. The van der Waals surface area contributed by atoms with Gasteiger partial charge in [0.2, 0.25) is 0 Å². The van der Waals surface area contributed by atoms with Gasteiger partial charge in [-0.3, -0.25) is 9.48 Å². The molecule has 0 spiro atoms. The summed E-state index contributed by atoms with van der Waals surface area (Å²) in [5.41, 5.74) is 3.96. The molecule has 2 N–H and O–H groups in total. The molecule has 0 aromatic carbocycles. The summed E-state index contributed by atoms with van der Waals surface area (Å²) in [4.78, 5) is 27.9. The third-order valence-corrected chi connectivity index (χ3v) is 4.30. The fraction of sp³-hybridized carbons (Fsp3) is 0.500. The average molecular weight is 346 g/mol. The lowest BCUT2D eigenvalue weighted by Gasteiger charge is -2.13. The first-order chi connectivity index (χ1) is 11.6. The molecule has 7 heteroatoms. The van der Waals surface area contributed by atoms with Crippen molar-refractivity contribution in [2.24, 2.45) is 7.05 Å². The minimum Gasteiger partial charge on any atom is -0.459 e. The van der Waals surface area contributed by atoms with Gasteiger partial charge in [-0.15, -0.1) is 0 Å². The third kappa shape index (κ3) is 3.75. The smallest absolute Gasteiger partial charge is 0.340 e. The number of hydrogen-bond acceptors (Lipinski definition) is 4. The molecule has 0 fully saturated rings. The highest BCUT2D eigenvalue weighted by Crippen LogP contribution is 2.21. The van der Waals surface area contributed by atoms with Crippen LogP contribution in [0.4, 0.5) is 0 Å². The van der Waals surface area contributed by atoms with Gasteiger partial charge in [0.15, 0.2) is 0 Å². The van der Waals surface area contributed by atoms with Crippen LogP contribution < -0.4 is 5.32 Å². The van der Waals surface area contributed by atoms with Crippen molar-refractivity contribution in [1.82, 2.24) is 20.1 Å². The molecule has 0 saturated heterocycles. The zero-order valence-electron chi connectivity index (χ0n) is 15.9. The van der Waals surface area contributed by atoms with E-state index in [1.54, 1.807) is 38.6 Å². The first-order valence-electron chi connectivity index (χ1n) is 8.33. The second-order valence-corrected chi connectivity index (χ2v) is 6.58. The Hall–Kier alpha value is -2.57. The topological polar surface area (TPSA) is 89.0 Å². The maximum Gasteiger partial charge on any atom is 0.340 e. The number of nitrogens with one attached hydrogen (secondary N) is 2. The Morgan fingerprint density at radius 3 is 2.40 bits per heavy atom. The van der Waals surface area contributed by atoms with Gasteiger partial charge in [0.05, 0.1) is 23.9 Å². The van der Waals surface area contributed by atoms with Crippen LogP contribution in [0.1, 0.15) is 70.2 Å². The van der Waals surface area contributed by atoms with Crippen molar-refractivity contribution in [2.75, 3.05) is 0 Å². The SMILES string of the molecule is Cc1[nH]c(C(=O)NC(C)c2cnn(C)c2C)c(C)c1C(=O)OC(C)C. The summed E-state index contributed by atoms with van der Waals surface area (Å²) in [6, 6.07) is -0.199. The van der Waals surface area contributed by atoms with E-state index in [1.165, 1.54) is 0 Å². The van der Waals surface area contributed by atoms with Crippen molar-refractivity contribution in [3.8, 4) is 0 Å². The molecule has 2 heterocycles. The molecular formula is C18H26N4O3. The Bertz CT molecular complexity index is 802. The van der Waals surface area contributed by atoms with Crippen molar-refractivity contribution in [1.29, 1.82) is 0 Å². The maximum absolute atomic E-state index is 12.7. The molecule has 1 atom stereocenters. The van der Waals surface area contributed by atoms with E-state index in [0.717, 1.165) is 11.3 Å². The molecule has 2 rings (SSSR count). The lowest BCUT2D eigenvalue weighted by atomic mass is 10.1.